The van der Waals surface area contributed by atoms with E-state index in [1.807, 2.05) is 0 Å². The van der Waals surface area contributed by atoms with E-state index in [0.717, 1.165) is 13.2 Å². The lowest BCUT2D eigenvalue weighted by molar-refractivity contribution is 0.0595. The predicted molar refractivity (Wildman–Crippen MR) is 43.1 cm³/mol. The van der Waals surface area contributed by atoms with Gasteiger partial charge in [-0.25, -0.2) is 13.6 Å². The Morgan fingerprint density at radius 3 is 2.57 bits per heavy atom. The van der Waals surface area contributed by atoms with Crippen LogP contribution in [0.1, 0.15) is 10.4 Å². The van der Waals surface area contributed by atoms with Crippen molar-refractivity contribution >= 4 is 11.7 Å². The van der Waals surface area contributed by atoms with Gasteiger partial charge in [-0.15, -0.1) is 0 Å². The third-order valence-electron chi connectivity index (χ3n) is 1.58. The summed E-state index contributed by atoms with van der Waals surface area (Å²) in [7, 11) is 1.07. The average Bonchev–Trinajstić information content (AvgIpc) is 2.17. The van der Waals surface area contributed by atoms with Crippen molar-refractivity contribution in [1.29, 1.82) is 0 Å². The molecule has 0 saturated carbocycles. The van der Waals surface area contributed by atoms with Gasteiger partial charge in [0.25, 0.3) is 0 Å². The van der Waals surface area contributed by atoms with Gasteiger partial charge >= 0.3 is 5.97 Å². The summed E-state index contributed by atoms with van der Waals surface area (Å²) >= 11 is 0. The van der Waals surface area contributed by atoms with Crippen LogP contribution in [0.25, 0.3) is 0 Å². The van der Waals surface area contributed by atoms with Crippen molar-refractivity contribution in [2.24, 2.45) is 0 Å². The van der Waals surface area contributed by atoms with Gasteiger partial charge in [0, 0.05) is 6.07 Å². The minimum atomic E-state index is -1.05. The maximum Gasteiger partial charge on any atom is 0.340 e. The summed E-state index contributed by atoms with van der Waals surface area (Å²) in [6.07, 6.45) is 0. The van der Waals surface area contributed by atoms with Crippen LogP contribution in [-0.2, 0) is 4.74 Å². The van der Waals surface area contributed by atoms with Crippen LogP contribution in [-0.4, -0.2) is 18.3 Å². The summed E-state index contributed by atoms with van der Waals surface area (Å²) in [5, 5.41) is 8.42. The van der Waals surface area contributed by atoms with Crippen LogP contribution in [0, 0.1) is 11.6 Å². The van der Waals surface area contributed by atoms with Gasteiger partial charge in [0.15, 0.2) is 5.82 Å². The number of benzene rings is 1. The van der Waals surface area contributed by atoms with Crippen LogP contribution < -0.4 is 5.48 Å². The van der Waals surface area contributed by atoms with Gasteiger partial charge in [-0.3, -0.25) is 10.7 Å². The quantitative estimate of drug-likeness (QED) is 0.565. The molecule has 14 heavy (non-hydrogen) atoms. The number of anilines is 1. The van der Waals surface area contributed by atoms with E-state index in [4.69, 9.17) is 5.21 Å². The molecule has 0 saturated heterocycles. The summed E-state index contributed by atoms with van der Waals surface area (Å²) in [5.74, 6) is -3.00. The molecule has 4 nitrogen and oxygen atoms in total. The normalized spacial score (nSPS) is 9.71. The topological polar surface area (TPSA) is 58.6 Å². The number of rotatable bonds is 2. The minimum Gasteiger partial charge on any atom is -0.465 e. The molecule has 0 atom stereocenters. The number of carbonyl (C=O) groups excluding carboxylic acids is 1. The van der Waals surface area contributed by atoms with Gasteiger partial charge in [-0.1, -0.05) is 0 Å². The van der Waals surface area contributed by atoms with Crippen LogP contribution in [0.5, 0.6) is 0 Å². The van der Waals surface area contributed by atoms with Crippen LogP contribution in [0.2, 0.25) is 0 Å². The van der Waals surface area contributed by atoms with E-state index in [1.165, 1.54) is 5.48 Å². The van der Waals surface area contributed by atoms with Crippen molar-refractivity contribution in [1.82, 2.24) is 0 Å². The predicted octanol–water partition coefficient (Wildman–Crippen LogP) is 1.55. The standard InChI is InChI=1S/C8H7F2NO3/c1-14-8(12)4-2-7(11-13)6(10)3-5(4)9/h2-3,11,13H,1H3. The molecule has 0 heterocycles. The Morgan fingerprint density at radius 2 is 2.07 bits per heavy atom. The Hall–Kier alpha value is -1.69. The Kier molecular flexibility index (Phi) is 2.98. The molecule has 0 fully saturated rings. The molecule has 0 spiro atoms. The molecule has 0 aliphatic carbocycles. The van der Waals surface area contributed by atoms with E-state index < -0.39 is 28.9 Å². The SMILES string of the molecule is COC(=O)c1cc(NO)c(F)cc1F. The Morgan fingerprint density at radius 1 is 1.43 bits per heavy atom. The third kappa shape index (κ3) is 1.80. The highest BCUT2D eigenvalue weighted by molar-refractivity contribution is 5.90. The molecule has 1 aromatic rings. The van der Waals surface area contributed by atoms with Gasteiger partial charge in [0.1, 0.15) is 5.82 Å². The Bertz CT molecular complexity index is 368. The van der Waals surface area contributed by atoms with E-state index in [9.17, 15) is 13.6 Å². The van der Waals surface area contributed by atoms with Crippen LogP contribution in [0.4, 0.5) is 14.5 Å². The van der Waals surface area contributed by atoms with Crippen molar-refractivity contribution < 1.29 is 23.5 Å². The summed E-state index contributed by atoms with van der Waals surface area (Å²) in [4.78, 5) is 10.9. The van der Waals surface area contributed by atoms with Crippen molar-refractivity contribution in [3.63, 3.8) is 0 Å². The number of carbonyl (C=O) groups is 1. The fraction of sp³-hybridized carbons (Fsp3) is 0.125. The summed E-state index contributed by atoms with van der Waals surface area (Å²) < 4.78 is 30.0. The lowest BCUT2D eigenvalue weighted by atomic mass is 10.2. The zero-order valence-corrected chi connectivity index (χ0v) is 7.17. The van der Waals surface area contributed by atoms with E-state index >= 15 is 0 Å². The number of esters is 1. The van der Waals surface area contributed by atoms with E-state index in [1.54, 1.807) is 0 Å². The molecule has 0 amide bonds. The van der Waals surface area contributed by atoms with E-state index in [0.29, 0.717) is 6.07 Å². The second-order valence-corrected chi connectivity index (χ2v) is 2.42. The lowest BCUT2D eigenvalue weighted by Crippen LogP contribution is -2.06. The van der Waals surface area contributed by atoms with Gasteiger partial charge < -0.3 is 4.74 Å². The minimum absolute atomic E-state index is 0.396. The molecule has 6 heteroatoms. The monoisotopic (exact) mass is 203 g/mol. The van der Waals surface area contributed by atoms with Gasteiger partial charge in [0.05, 0.1) is 18.4 Å². The fourth-order valence-electron chi connectivity index (χ4n) is 0.901. The molecular weight excluding hydrogens is 196 g/mol. The number of hydrogen-bond donors (Lipinski definition) is 2. The highest BCUT2D eigenvalue weighted by Crippen LogP contribution is 2.19. The molecule has 2 N–H and O–H groups in total. The van der Waals surface area contributed by atoms with Gasteiger partial charge in [0.2, 0.25) is 0 Å². The second-order valence-electron chi connectivity index (χ2n) is 2.42. The number of halogens is 2. The molecule has 0 bridgehead atoms. The number of ether oxygens (including phenoxy) is 1. The van der Waals surface area contributed by atoms with Crippen LogP contribution >= 0.6 is 0 Å². The van der Waals surface area contributed by atoms with E-state index in [2.05, 4.69) is 4.74 Å². The maximum atomic E-state index is 13.0. The van der Waals surface area contributed by atoms with Gasteiger partial charge in [-0.2, -0.15) is 0 Å². The summed E-state index contributed by atoms with van der Waals surface area (Å²) in [6.45, 7) is 0. The average molecular weight is 203 g/mol. The Balaban J connectivity index is 3.24. The van der Waals surface area contributed by atoms with Crippen molar-refractivity contribution in [2.75, 3.05) is 12.6 Å². The highest BCUT2D eigenvalue weighted by atomic mass is 19.1. The number of hydrogen-bond acceptors (Lipinski definition) is 4. The zero-order valence-electron chi connectivity index (χ0n) is 7.17. The molecule has 0 radical (unpaired) electrons. The first-order valence-corrected chi connectivity index (χ1v) is 3.57. The second kappa shape index (κ2) is 4.01. The molecular formula is C8H7F2NO3. The number of nitrogens with one attached hydrogen (secondary N) is 1. The van der Waals surface area contributed by atoms with Crippen molar-refractivity contribution in [2.45, 2.75) is 0 Å². The molecule has 0 unspecified atom stereocenters. The highest BCUT2D eigenvalue weighted by Gasteiger charge is 2.15. The zero-order chi connectivity index (χ0) is 10.7. The summed E-state index contributed by atoms with van der Waals surface area (Å²) in [5.41, 5.74) is 0.643. The van der Waals surface area contributed by atoms with Crippen LogP contribution in [0.15, 0.2) is 12.1 Å². The fourth-order valence-corrected chi connectivity index (χ4v) is 0.901. The third-order valence-corrected chi connectivity index (χ3v) is 1.58. The maximum absolute atomic E-state index is 13.0. The Labute approximate surface area is 78.1 Å². The molecule has 0 aliphatic heterocycles. The van der Waals surface area contributed by atoms with Crippen LogP contribution in [0.3, 0.4) is 0 Å². The smallest absolute Gasteiger partial charge is 0.340 e. The molecule has 0 aliphatic rings. The molecule has 1 aromatic carbocycles. The van der Waals surface area contributed by atoms with Crippen molar-refractivity contribution in [3.05, 3.63) is 29.3 Å². The molecule has 76 valence electrons. The van der Waals surface area contributed by atoms with Crippen molar-refractivity contribution in [3.8, 4) is 0 Å². The first-order valence-electron chi connectivity index (χ1n) is 3.57. The molecule has 1 rings (SSSR count). The first kappa shape index (κ1) is 10.4. The van der Waals surface area contributed by atoms with E-state index in [-0.39, 0.29) is 0 Å². The van der Waals surface area contributed by atoms with Gasteiger partial charge in [-0.05, 0) is 6.07 Å². The number of methoxy groups -OCH3 is 1. The summed E-state index contributed by atoms with van der Waals surface area (Å²) in [6, 6.07) is 1.29. The molecule has 0 aromatic heterocycles. The largest absolute Gasteiger partial charge is 0.465 e. The first-order chi connectivity index (χ1) is 6.60. The lowest BCUT2D eigenvalue weighted by Gasteiger charge is -2.05.